The number of benzene rings is 2. The minimum absolute atomic E-state index is 0.227. The van der Waals surface area contributed by atoms with Crippen molar-refractivity contribution < 1.29 is 17.6 Å². The molecule has 0 fully saturated rings. The molecule has 6 nitrogen and oxygen atoms in total. The van der Waals surface area contributed by atoms with Crippen molar-refractivity contribution in [3.8, 4) is 0 Å². The van der Waals surface area contributed by atoms with Gasteiger partial charge in [0.25, 0.3) is 0 Å². The summed E-state index contributed by atoms with van der Waals surface area (Å²) in [5.41, 5.74) is 2.71. The second-order valence-corrected chi connectivity index (χ2v) is 9.69. The van der Waals surface area contributed by atoms with Gasteiger partial charge in [0.05, 0.1) is 5.69 Å². The van der Waals surface area contributed by atoms with Gasteiger partial charge < -0.3 is 5.32 Å². The van der Waals surface area contributed by atoms with Crippen molar-refractivity contribution in [3.05, 3.63) is 65.5 Å². The van der Waals surface area contributed by atoms with Crippen LogP contribution in [0.4, 0.5) is 10.1 Å². The molecule has 1 N–H and O–H groups in total. The second-order valence-electron chi connectivity index (χ2n) is 7.62. The summed E-state index contributed by atoms with van der Waals surface area (Å²) in [6.07, 6.45) is 1.56. The standard InChI is InChI=1S/C22H30FN3O3S/c1-17(2)19-9-7-18(8-10-19)6-5-15-24-22(27)16-26(30(28,29)25(3)4)21-13-11-20(23)12-14-21/h7-14,17H,5-6,15-16H2,1-4H3,(H,24,27). The van der Waals surface area contributed by atoms with Gasteiger partial charge in [-0.15, -0.1) is 0 Å². The van der Waals surface area contributed by atoms with Gasteiger partial charge in [0.2, 0.25) is 5.91 Å². The predicted octanol–water partition coefficient (Wildman–Crippen LogP) is 3.31. The van der Waals surface area contributed by atoms with E-state index in [2.05, 4.69) is 43.4 Å². The number of hydrogen-bond donors (Lipinski definition) is 1. The summed E-state index contributed by atoms with van der Waals surface area (Å²) >= 11 is 0. The third-order valence-corrected chi connectivity index (χ3v) is 6.57. The fourth-order valence-electron chi connectivity index (χ4n) is 2.89. The van der Waals surface area contributed by atoms with Crippen LogP contribution in [0.2, 0.25) is 0 Å². The molecule has 8 heteroatoms. The minimum Gasteiger partial charge on any atom is -0.355 e. The Morgan fingerprint density at radius 1 is 1.03 bits per heavy atom. The first-order chi connectivity index (χ1) is 14.1. The summed E-state index contributed by atoms with van der Waals surface area (Å²) in [4.78, 5) is 12.4. The predicted molar refractivity (Wildman–Crippen MR) is 118 cm³/mol. The van der Waals surface area contributed by atoms with E-state index in [1.54, 1.807) is 0 Å². The van der Waals surface area contributed by atoms with Crippen LogP contribution >= 0.6 is 0 Å². The third-order valence-electron chi connectivity index (χ3n) is 4.75. The van der Waals surface area contributed by atoms with Crippen molar-refractivity contribution in [2.45, 2.75) is 32.6 Å². The monoisotopic (exact) mass is 435 g/mol. The first kappa shape index (κ1) is 23.8. The van der Waals surface area contributed by atoms with E-state index in [4.69, 9.17) is 0 Å². The zero-order valence-corrected chi connectivity index (χ0v) is 18.7. The Balaban J connectivity index is 1.93. The molecule has 0 heterocycles. The molecule has 0 aliphatic rings. The number of hydrogen-bond acceptors (Lipinski definition) is 3. The van der Waals surface area contributed by atoms with Crippen LogP contribution < -0.4 is 9.62 Å². The van der Waals surface area contributed by atoms with Gasteiger partial charge in [-0.3, -0.25) is 4.79 Å². The molecule has 0 unspecified atom stereocenters. The first-order valence-corrected chi connectivity index (χ1v) is 11.3. The third kappa shape index (κ3) is 6.53. The molecule has 0 radical (unpaired) electrons. The van der Waals surface area contributed by atoms with Crippen molar-refractivity contribution in [3.63, 3.8) is 0 Å². The fourth-order valence-corrected chi connectivity index (χ4v) is 3.95. The summed E-state index contributed by atoms with van der Waals surface area (Å²) < 4.78 is 40.4. The number of nitrogens with one attached hydrogen (secondary N) is 1. The number of carbonyl (C=O) groups is 1. The van der Waals surface area contributed by atoms with Crippen molar-refractivity contribution in [2.24, 2.45) is 0 Å². The Bertz CT molecular complexity index is 927. The van der Waals surface area contributed by atoms with Crippen molar-refractivity contribution in [1.82, 2.24) is 9.62 Å². The largest absolute Gasteiger partial charge is 0.355 e. The van der Waals surface area contributed by atoms with E-state index in [9.17, 15) is 17.6 Å². The average Bonchev–Trinajstić information content (AvgIpc) is 2.70. The lowest BCUT2D eigenvalue weighted by Gasteiger charge is -2.26. The zero-order valence-electron chi connectivity index (χ0n) is 17.9. The van der Waals surface area contributed by atoms with E-state index in [0.717, 1.165) is 33.6 Å². The highest BCUT2D eigenvalue weighted by molar-refractivity contribution is 7.90. The smallest absolute Gasteiger partial charge is 0.304 e. The van der Waals surface area contributed by atoms with Gasteiger partial charge in [0.1, 0.15) is 12.4 Å². The number of rotatable bonds is 10. The maximum Gasteiger partial charge on any atom is 0.304 e. The maximum absolute atomic E-state index is 13.2. The Hall–Kier alpha value is -2.45. The number of nitrogens with zero attached hydrogens (tertiary/aromatic N) is 2. The lowest BCUT2D eigenvalue weighted by Crippen LogP contribution is -2.46. The SMILES string of the molecule is CC(C)c1ccc(CCCNC(=O)CN(c2ccc(F)cc2)S(=O)(=O)N(C)C)cc1. The van der Waals surface area contributed by atoms with E-state index in [0.29, 0.717) is 12.5 Å². The van der Waals surface area contributed by atoms with E-state index >= 15 is 0 Å². The van der Waals surface area contributed by atoms with E-state index in [1.807, 2.05) is 0 Å². The quantitative estimate of drug-likeness (QED) is 0.582. The molecular weight excluding hydrogens is 405 g/mol. The summed E-state index contributed by atoms with van der Waals surface area (Å²) in [7, 11) is -1.13. The van der Waals surface area contributed by atoms with E-state index in [-0.39, 0.29) is 12.2 Å². The summed E-state index contributed by atoms with van der Waals surface area (Å²) in [5, 5.41) is 2.77. The molecule has 0 saturated carbocycles. The minimum atomic E-state index is -3.90. The number of anilines is 1. The van der Waals surface area contributed by atoms with Crippen LogP contribution in [0, 0.1) is 5.82 Å². The molecule has 2 aromatic carbocycles. The van der Waals surface area contributed by atoms with Crippen molar-refractivity contribution >= 4 is 21.8 Å². The van der Waals surface area contributed by atoms with Gasteiger partial charge in [0, 0.05) is 20.6 Å². The average molecular weight is 436 g/mol. The van der Waals surface area contributed by atoms with E-state index in [1.165, 1.54) is 37.4 Å². The summed E-state index contributed by atoms with van der Waals surface area (Å²) in [6.45, 7) is 4.35. The van der Waals surface area contributed by atoms with Gasteiger partial charge in [0.15, 0.2) is 0 Å². The van der Waals surface area contributed by atoms with Gasteiger partial charge in [-0.05, 0) is 54.2 Å². The van der Waals surface area contributed by atoms with Crippen LogP contribution in [-0.2, 0) is 21.4 Å². The van der Waals surface area contributed by atoms with Crippen LogP contribution in [0.15, 0.2) is 48.5 Å². The molecule has 164 valence electrons. The normalized spacial score (nSPS) is 11.7. The molecule has 0 aliphatic carbocycles. The van der Waals surface area contributed by atoms with Crippen LogP contribution in [0.1, 0.15) is 37.3 Å². The number of halogens is 1. The van der Waals surface area contributed by atoms with Gasteiger partial charge in [-0.1, -0.05) is 38.1 Å². The zero-order chi connectivity index (χ0) is 22.3. The van der Waals surface area contributed by atoms with Crippen molar-refractivity contribution in [1.29, 1.82) is 0 Å². The molecule has 2 rings (SSSR count). The van der Waals surface area contributed by atoms with Gasteiger partial charge >= 0.3 is 10.2 Å². The van der Waals surface area contributed by atoms with Crippen LogP contribution in [0.5, 0.6) is 0 Å². The molecule has 1 amide bonds. The molecule has 0 spiro atoms. The fraction of sp³-hybridized carbons (Fsp3) is 0.409. The Morgan fingerprint density at radius 3 is 2.17 bits per heavy atom. The van der Waals surface area contributed by atoms with Crippen molar-refractivity contribution in [2.75, 3.05) is 31.5 Å². The maximum atomic E-state index is 13.2. The van der Waals surface area contributed by atoms with Gasteiger partial charge in [-0.25, -0.2) is 8.70 Å². The number of carbonyl (C=O) groups excluding carboxylic acids is 1. The van der Waals surface area contributed by atoms with Crippen LogP contribution in [0.3, 0.4) is 0 Å². The lowest BCUT2D eigenvalue weighted by molar-refractivity contribution is -0.119. The van der Waals surface area contributed by atoms with E-state index < -0.39 is 21.9 Å². The van der Waals surface area contributed by atoms with Crippen LogP contribution in [0.25, 0.3) is 0 Å². The molecule has 0 bridgehead atoms. The van der Waals surface area contributed by atoms with Crippen LogP contribution in [-0.4, -0.2) is 45.8 Å². The second kappa shape index (κ2) is 10.5. The highest BCUT2D eigenvalue weighted by Gasteiger charge is 2.27. The first-order valence-electron chi connectivity index (χ1n) is 9.92. The highest BCUT2D eigenvalue weighted by atomic mass is 32.2. The van der Waals surface area contributed by atoms with Gasteiger partial charge in [-0.2, -0.15) is 12.7 Å². The summed E-state index contributed by atoms with van der Waals surface area (Å²) in [6, 6.07) is 13.4. The Morgan fingerprint density at radius 2 is 1.63 bits per heavy atom. The molecular formula is C22H30FN3O3S. The highest BCUT2D eigenvalue weighted by Crippen LogP contribution is 2.20. The molecule has 0 atom stereocenters. The Kier molecular flexibility index (Phi) is 8.37. The number of aryl methyl sites for hydroxylation is 1. The Labute approximate surface area is 178 Å². The molecule has 0 aromatic heterocycles. The number of amides is 1. The molecule has 0 saturated heterocycles. The topological polar surface area (TPSA) is 69.7 Å². The molecule has 2 aromatic rings. The summed E-state index contributed by atoms with van der Waals surface area (Å²) in [5.74, 6) is -0.410. The molecule has 30 heavy (non-hydrogen) atoms. The molecule has 0 aliphatic heterocycles. The lowest BCUT2D eigenvalue weighted by atomic mass is 10.0.